The SMILES string of the molecule is NCc1ccc(C(=O)N(Cc2cccc(F)c2)C2CC2)o1. The molecule has 1 aromatic carbocycles. The fraction of sp³-hybridized carbons (Fsp3) is 0.312. The Balaban J connectivity index is 1.79. The van der Waals surface area contributed by atoms with Crippen LogP contribution in [0.15, 0.2) is 40.8 Å². The summed E-state index contributed by atoms with van der Waals surface area (Å²) in [6.07, 6.45) is 1.96. The number of carbonyl (C=O) groups excluding carboxylic acids is 1. The smallest absolute Gasteiger partial charge is 0.290 e. The third-order valence-electron chi connectivity index (χ3n) is 3.56. The van der Waals surface area contributed by atoms with Crippen molar-refractivity contribution in [2.24, 2.45) is 5.73 Å². The maximum atomic E-state index is 13.3. The van der Waals surface area contributed by atoms with Gasteiger partial charge in [-0.3, -0.25) is 4.79 Å². The van der Waals surface area contributed by atoms with E-state index in [0.717, 1.165) is 18.4 Å². The number of benzene rings is 1. The molecule has 21 heavy (non-hydrogen) atoms. The minimum absolute atomic E-state index is 0.165. The summed E-state index contributed by atoms with van der Waals surface area (Å²) in [5.74, 6) is 0.416. The van der Waals surface area contributed by atoms with Crippen LogP contribution in [0.1, 0.15) is 34.7 Å². The van der Waals surface area contributed by atoms with Crippen LogP contribution in [0, 0.1) is 5.82 Å². The number of halogens is 1. The van der Waals surface area contributed by atoms with Crippen molar-refractivity contribution < 1.29 is 13.6 Å². The molecule has 1 saturated carbocycles. The van der Waals surface area contributed by atoms with Gasteiger partial charge >= 0.3 is 0 Å². The molecular weight excluding hydrogens is 271 g/mol. The van der Waals surface area contributed by atoms with E-state index in [4.69, 9.17) is 10.2 Å². The molecule has 1 fully saturated rings. The molecule has 1 aliphatic rings. The number of nitrogens with two attached hydrogens (primary N) is 1. The molecule has 110 valence electrons. The molecule has 2 N–H and O–H groups in total. The number of carbonyl (C=O) groups is 1. The first kappa shape index (κ1) is 13.8. The van der Waals surface area contributed by atoms with Gasteiger partial charge in [0.05, 0.1) is 6.54 Å². The lowest BCUT2D eigenvalue weighted by atomic mass is 10.2. The van der Waals surface area contributed by atoms with E-state index >= 15 is 0 Å². The van der Waals surface area contributed by atoms with Gasteiger partial charge in [-0.25, -0.2) is 4.39 Å². The molecule has 1 amide bonds. The van der Waals surface area contributed by atoms with Crippen LogP contribution in [-0.4, -0.2) is 16.8 Å². The van der Waals surface area contributed by atoms with E-state index in [2.05, 4.69) is 0 Å². The van der Waals surface area contributed by atoms with Crippen LogP contribution in [0.3, 0.4) is 0 Å². The van der Waals surface area contributed by atoms with Crippen molar-refractivity contribution in [1.82, 2.24) is 4.90 Å². The Kier molecular flexibility index (Phi) is 3.75. The maximum Gasteiger partial charge on any atom is 0.290 e. The van der Waals surface area contributed by atoms with E-state index in [1.165, 1.54) is 12.1 Å². The molecular formula is C16H17FN2O2. The number of furan rings is 1. The number of rotatable bonds is 5. The predicted molar refractivity (Wildman–Crippen MR) is 75.9 cm³/mol. The molecule has 0 radical (unpaired) electrons. The summed E-state index contributed by atoms with van der Waals surface area (Å²) < 4.78 is 18.7. The zero-order chi connectivity index (χ0) is 14.8. The van der Waals surface area contributed by atoms with Crippen LogP contribution < -0.4 is 5.73 Å². The molecule has 1 aliphatic carbocycles. The Bertz CT molecular complexity index is 649. The maximum absolute atomic E-state index is 13.3. The van der Waals surface area contributed by atoms with Crippen LogP contribution in [-0.2, 0) is 13.1 Å². The highest BCUT2D eigenvalue weighted by Crippen LogP contribution is 2.30. The first-order chi connectivity index (χ1) is 10.2. The molecule has 1 heterocycles. The van der Waals surface area contributed by atoms with E-state index in [1.807, 2.05) is 6.07 Å². The summed E-state index contributed by atoms with van der Waals surface area (Å²) in [7, 11) is 0. The lowest BCUT2D eigenvalue weighted by Gasteiger charge is -2.21. The molecule has 0 saturated heterocycles. The molecule has 0 spiro atoms. The number of hydrogen-bond acceptors (Lipinski definition) is 3. The normalized spacial score (nSPS) is 14.2. The highest BCUT2D eigenvalue weighted by atomic mass is 19.1. The predicted octanol–water partition coefficient (Wildman–Crippen LogP) is 2.68. The molecule has 3 rings (SSSR count). The van der Waals surface area contributed by atoms with Gasteiger partial charge in [-0.05, 0) is 42.7 Å². The van der Waals surface area contributed by atoms with Gasteiger partial charge in [-0.2, -0.15) is 0 Å². The van der Waals surface area contributed by atoms with Crippen molar-refractivity contribution in [3.63, 3.8) is 0 Å². The third kappa shape index (κ3) is 3.13. The molecule has 2 aromatic rings. The molecule has 0 atom stereocenters. The topological polar surface area (TPSA) is 59.5 Å². The fourth-order valence-electron chi connectivity index (χ4n) is 2.33. The summed E-state index contributed by atoms with van der Waals surface area (Å²) in [6, 6.07) is 9.89. The quantitative estimate of drug-likeness (QED) is 0.920. The van der Waals surface area contributed by atoms with Crippen molar-refractivity contribution in [3.05, 3.63) is 59.3 Å². The summed E-state index contributed by atoms with van der Waals surface area (Å²) in [5.41, 5.74) is 6.27. The standard InChI is InChI=1S/C16H17FN2O2/c17-12-3-1-2-11(8-12)10-19(13-4-5-13)16(20)15-7-6-14(9-18)21-15/h1-3,6-8,13H,4-5,9-10,18H2. The van der Waals surface area contributed by atoms with Crippen molar-refractivity contribution >= 4 is 5.91 Å². The number of nitrogens with zero attached hydrogens (tertiary/aromatic N) is 1. The van der Waals surface area contributed by atoms with Gasteiger partial charge in [0.2, 0.25) is 0 Å². The van der Waals surface area contributed by atoms with Crippen molar-refractivity contribution in [2.45, 2.75) is 32.0 Å². The Morgan fingerprint density at radius 1 is 1.33 bits per heavy atom. The first-order valence-corrected chi connectivity index (χ1v) is 7.01. The molecule has 0 bridgehead atoms. The monoisotopic (exact) mass is 288 g/mol. The van der Waals surface area contributed by atoms with Gasteiger partial charge < -0.3 is 15.1 Å². The van der Waals surface area contributed by atoms with Crippen LogP contribution >= 0.6 is 0 Å². The Hall–Kier alpha value is -2.14. The number of hydrogen-bond donors (Lipinski definition) is 1. The van der Waals surface area contributed by atoms with Crippen molar-refractivity contribution in [1.29, 1.82) is 0 Å². The second-order valence-corrected chi connectivity index (χ2v) is 5.26. The van der Waals surface area contributed by atoms with Crippen LogP contribution in [0.4, 0.5) is 4.39 Å². The zero-order valence-corrected chi connectivity index (χ0v) is 11.6. The summed E-state index contributed by atoms with van der Waals surface area (Å²) in [4.78, 5) is 14.3. The summed E-state index contributed by atoms with van der Waals surface area (Å²) in [5, 5.41) is 0. The van der Waals surface area contributed by atoms with Gasteiger partial charge in [0, 0.05) is 12.6 Å². The Morgan fingerprint density at radius 3 is 2.76 bits per heavy atom. The Labute approximate surface area is 122 Å². The average molecular weight is 288 g/mol. The van der Waals surface area contributed by atoms with E-state index < -0.39 is 0 Å². The van der Waals surface area contributed by atoms with E-state index in [1.54, 1.807) is 23.1 Å². The zero-order valence-electron chi connectivity index (χ0n) is 11.6. The van der Waals surface area contributed by atoms with E-state index in [0.29, 0.717) is 18.1 Å². The minimum atomic E-state index is -0.292. The highest BCUT2D eigenvalue weighted by Gasteiger charge is 2.34. The molecule has 4 nitrogen and oxygen atoms in total. The van der Waals surface area contributed by atoms with E-state index in [9.17, 15) is 9.18 Å². The lowest BCUT2D eigenvalue weighted by molar-refractivity contribution is 0.0695. The number of amides is 1. The van der Waals surface area contributed by atoms with Gasteiger partial charge in [0.25, 0.3) is 5.91 Å². The molecule has 0 aliphatic heterocycles. The molecule has 1 aromatic heterocycles. The summed E-state index contributed by atoms with van der Waals surface area (Å²) in [6.45, 7) is 0.653. The fourth-order valence-corrected chi connectivity index (χ4v) is 2.33. The molecule has 5 heteroatoms. The average Bonchev–Trinajstić information content (AvgIpc) is 3.20. The largest absolute Gasteiger partial charge is 0.455 e. The third-order valence-corrected chi connectivity index (χ3v) is 3.56. The molecule has 0 unspecified atom stereocenters. The van der Waals surface area contributed by atoms with Gasteiger partial charge in [-0.15, -0.1) is 0 Å². The Morgan fingerprint density at radius 2 is 2.14 bits per heavy atom. The highest BCUT2D eigenvalue weighted by molar-refractivity contribution is 5.92. The van der Waals surface area contributed by atoms with Crippen molar-refractivity contribution in [3.8, 4) is 0 Å². The van der Waals surface area contributed by atoms with Crippen LogP contribution in [0.25, 0.3) is 0 Å². The second-order valence-electron chi connectivity index (χ2n) is 5.26. The summed E-state index contributed by atoms with van der Waals surface area (Å²) >= 11 is 0. The second kappa shape index (κ2) is 5.69. The van der Waals surface area contributed by atoms with Gasteiger partial charge in [0.1, 0.15) is 11.6 Å². The van der Waals surface area contributed by atoms with Gasteiger partial charge in [-0.1, -0.05) is 12.1 Å². The van der Waals surface area contributed by atoms with Gasteiger partial charge in [0.15, 0.2) is 5.76 Å². The minimum Gasteiger partial charge on any atom is -0.455 e. The van der Waals surface area contributed by atoms with E-state index in [-0.39, 0.29) is 24.3 Å². The first-order valence-electron chi connectivity index (χ1n) is 7.01. The van der Waals surface area contributed by atoms with Crippen LogP contribution in [0.5, 0.6) is 0 Å². The van der Waals surface area contributed by atoms with Crippen LogP contribution in [0.2, 0.25) is 0 Å². The van der Waals surface area contributed by atoms with Crippen molar-refractivity contribution in [2.75, 3.05) is 0 Å². The lowest BCUT2D eigenvalue weighted by Crippen LogP contribution is -2.32.